The zero-order valence-electron chi connectivity index (χ0n) is 10.9. The van der Waals surface area contributed by atoms with Crippen LogP contribution in [0.2, 0.25) is 10.0 Å². The third-order valence-corrected chi connectivity index (χ3v) is 4.12. The molecule has 0 atom stereocenters. The lowest BCUT2D eigenvalue weighted by molar-refractivity contribution is 0.0699. The average Bonchev–Trinajstić information content (AvgIpc) is 2.82. The number of halogens is 2. The molecule has 0 fully saturated rings. The maximum Gasteiger partial charge on any atom is 0.337 e. The molecule has 3 nitrogen and oxygen atoms in total. The summed E-state index contributed by atoms with van der Waals surface area (Å²) in [6.45, 7) is 0.423. The van der Waals surface area contributed by atoms with Crippen LogP contribution in [0.15, 0.2) is 48.7 Å². The van der Waals surface area contributed by atoms with Crippen LogP contribution < -0.4 is 0 Å². The highest BCUT2D eigenvalue weighted by Gasteiger charge is 2.15. The van der Waals surface area contributed by atoms with E-state index in [2.05, 4.69) is 0 Å². The molecular weight excluding hydrogens is 309 g/mol. The van der Waals surface area contributed by atoms with E-state index in [0.717, 1.165) is 11.1 Å². The summed E-state index contributed by atoms with van der Waals surface area (Å²) < 4.78 is 1.85. The van der Waals surface area contributed by atoms with Crippen molar-refractivity contribution in [1.82, 2.24) is 4.57 Å². The van der Waals surface area contributed by atoms with E-state index in [9.17, 15) is 9.90 Å². The molecule has 0 saturated heterocycles. The molecular formula is C16H11Cl2NO2. The van der Waals surface area contributed by atoms with E-state index in [1.165, 1.54) is 0 Å². The Morgan fingerprint density at radius 1 is 1.05 bits per heavy atom. The molecule has 1 N–H and O–H groups in total. The number of benzene rings is 2. The number of aromatic carboxylic acids is 1. The summed E-state index contributed by atoms with van der Waals surface area (Å²) in [7, 11) is 0. The van der Waals surface area contributed by atoms with Gasteiger partial charge in [0.25, 0.3) is 0 Å². The van der Waals surface area contributed by atoms with Crippen molar-refractivity contribution in [3.63, 3.8) is 0 Å². The number of para-hydroxylation sites is 1. The molecule has 0 saturated carbocycles. The molecule has 0 aliphatic carbocycles. The van der Waals surface area contributed by atoms with Crippen LogP contribution in [0.4, 0.5) is 0 Å². The Kier molecular flexibility index (Phi) is 3.62. The van der Waals surface area contributed by atoms with Crippen LogP contribution >= 0.6 is 23.2 Å². The Bertz CT molecular complexity index is 819. The number of carboxylic acid groups (broad SMARTS) is 1. The van der Waals surface area contributed by atoms with Crippen LogP contribution in [0.3, 0.4) is 0 Å². The Labute approximate surface area is 131 Å². The smallest absolute Gasteiger partial charge is 0.337 e. The number of nitrogens with zero attached hydrogens (tertiary/aromatic N) is 1. The quantitative estimate of drug-likeness (QED) is 0.760. The van der Waals surface area contributed by atoms with Crippen molar-refractivity contribution in [2.24, 2.45) is 0 Å². The number of aromatic nitrogens is 1. The van der Waals surface area contributed by atoms with Gasteiger partial charge in [0.15, 0.2) is 0 Å². The number of carbonyl (C=O) groups is 1. The maximum atomic E-state index is 11.3. The lowest BCUT2D eigenvalue weighted by Gasteiger charge is -2.09. The molecule has 0 bridgehead atoms. The van der Waals surface area contributed by atoms with Crippen LogP contribution in [0.25, 0.3) is 10.9 Å². The van der Waals surface area contributed by atoms with E-state index in [0.29, 0.717) is 22.0 Å². The van der Waals surface area contributed by atoms with Crippen LogP contribution in [-0.4, -0.2) is 15.6 Å². The molecule has 1 heterocycles. The van der Waals surface area contributed by atoms with Gasteiger partial charge >= 0.3 is 5.97 Å². The number of hydrogen-bond donors (Lipinski definition) is 1. The van der Waals surface area contributed by atoms with Gasteiger partial charge in [-0.3, -0.25) is 0 Å². The standard InChI is InChI=1S/C16H11Cl2NO2/c17-13-5-3-6-14(18)12(13)9-19-8-11(16(20)21)10-4-1-2-7-15(10)19/h1-8H,9H2,(H,20,21). The van der Waals surface area contributed by atoms with Crippen molar-refractivity contribution >= 4 is 40.1 Å². The number of rotatable bonds is 3. The molecule has 0 unspecified atom stereocenters. The first kappa shape index (κ1) is 14.0. The van der Waals surface area contributed by atoms with Gasteiger partial charge in [0.2, 0.25) is 0 Å². The van der Waals surface area contributed by atoms with E-state index in [1.54, 1.807) is 30.5 Å². The van der Waals surface area contributed by atoms with Crippen LogP contribution in [0.1, 0.15) is 15.9 Å². The fourth-order valence-corrected chi connectivity index (χ4v) is 2.92. The monoisotopic (exact) mass is 319 g/mol. The Morgan fingerprint density at radius 3 is 2.38 bits per heavy atom. The molecule has 2 aromatic carbocycles. The van der Waals surface area contributed by atoms with Gasteiger partial charge in [-0.25, -0.2) is 4.79 Å². The lowest BCUT2D eigenvalue weighted by atomic mass is 10.2. The second kappa shape index (κ2) is 5.43. The second-order valence-corrected chi connectivity index (χ2v) is 5.51. The predicted octanol–water partition coefficient (Wildman–Crippen LogP) is 4.69. The van der Waals surface area contributed by atoms with Gasteiger partial charge in [-0.15, -0.1) is 0 Å². The Morgan fingerprint density at radius 2 is 1.71 bits per heavy atom. The summed E-state index contributed by atoms with van der Waals surface area (Å²) in [5, 5.41) is 11.1. The summed E-state index contributed by atoms with van der Waals surface area (Å²) in [6, 6.07) is 12.7. The number of carboxylic acids is 1. The highest BCUT2D eigenvalue weighted by atomic mass is 35.5. The third kappa shape index (κ3) is 2.50. The molecule has 0 aliphatic heterocycles. The summed E-state index contributed by atoms with van der Waals surface area (Å²) in [6.07, 6.45) is 1.62. The van der Waals surface area contributed by atoms with E-state index in [1.807, 2.05) is 22.8 Å². The van der Waals surface area contributed by atoms with E-state index in [4.69, 9.17) is 23.2 Å². The molecule has 3 aromatic rings. The van der Waals surface area contributed by atoms with Crippen molar-refractivity contribution in [2.75, 3.05) is 0 Å². The summed E-state index contributed by atoms with van der Waals surface area (Å²) in [5.74, 6) is -0.949. The molecule has 0 aliphatic rings. The first-order valence-electron chi connectivity index (χ1n) is 6.32. The van der Waals surface area contributed by atoms with Crippen LogP contribution in [0, 0.1) is 0 Å². The summed E-state index contributed by atoms with van der Waals surface area (Å²) in [5.41, 5.74) is 1.89. The van der Waals surface area contributed by atoms with Crippen molar-refractivity contribution < 1.29 is 9.90 Å². The summed E-state index contributed by atoms with van der Waals surface area (Å²) in [4.78, 5) is 11.3. The predicted molar refractivity (Wildman–Crippen MR) is 84.5 cm³/mol. The van der Waals surface area contributed by atoms with Crippen molar-refractivity contribution in [2.45, 2.75) is 6.54 Å². The summed E-state index contributed by atoms with van der Waals surface area (Å²) >= 11 is 12.4. The van der Waals surface area contributed by atoms with Gasteiger partial charge in [0, 0.05) is 32.7 Å². The third-order valence-electron chi connectivity index (χ3n) is 3.41. The second-order valence-electron chi connectivity index (χ2n) is 4.69. The van der Waals surface area contributed by atoms with Crippen molar-refractivity contribution in [1.29, 1.82) is 0 Å². The van der Waals surface area contributed by atoms with Crippen molar-refractivity contribution in [3.05, 3.63) is 69.8 Å². The van der Waals surface area contributed by atoms with Gasteiger partial charge < -0.3 is 9.67 Å². The average molecular weight is 320 g/mol. The zero-order chi connectivity index (χ0) is 15.0. The van der Waals surface area contributed by atoms with Crippen LogP contribution in [0.5, 0.6) is 0 Å². The lowest BCUT2D eigenvalue weighted by Crippen LogP contribution is -2.00. The minimum Gasteiger partial charge on any atom is -0.478 e. The highest BCUT2D eigenvalue weighted by Crippen LogP contribution is 2.28. The van der Waals surface area contributed by atoms with E-state index in [-0.39, 0.29) is 5.56 Å². The largest absolute Gasteiger partial charge is 0.478 e. The molecule has 21 heavy (non-hydrogen) atoms. The van der Waals surface area contributed by atoms with Gasteiger partial charge in [-0.2, -0.15) is 0 Å². The first-order chi connectivity index (χ1) is 10.1. The number of fused-ring (bicyclic) bond motifs is 1. The minimum atomic E-state index is -0.949. The molecule has 106 valence electrons. The molecule has 3 rings (SSSR count). The SMILES string of the molecule is O=C(O)c1cn(Cc2c(Cl)cccc2Cl)c2ccccc12. The molecule has 1 aromatic heterocycles. The fraction of sp³-hybridized carbons (Fsp3) is 0.0625. The van der Waals surface area contributed by atoms with Crippen LogP contribution in [-0.2, 0) is 6.54 Å². The zero-order valence-corrected chi connectivity index (χ0v) is 12.4. The first-order valence-corrected chi connectivity index (χ1v) is 7.07. The minimum absolute atomic E-state index is 0.272. The normalized spacial score (nSPS) is 11.0. The fourth-order valence-electron chi connectivity index (χ4n) is 2.40. The maximum absolute atomic E-state index is 11.3. The molecule has 5 heteroatoms. The highest BCUT2D eigenvalue weighted by molar-refractivity contribution is 6.36. The molecule has 0 spiro atoms. The van der Waals surface area contributed by atoms with Gasteiger partial charge in [0.05, 0.1) is 12.1 Å². The Balaban J connectivity index is 2.15. The van der Waals surface area contributed by atoms with Crippen molar-refractivity contribution in [3.8, 4) is 0 Å². The van der Waals surface area contributed by atoms with Gasteiger partial charge in [0.1, 0.15) is 0 Å². The van der Waals surface area contributed by atoms with E-state index >= 15 is 0 Å². The van der Waals surface area contributed by atoms with Gasteiger partial charge in [-0.1, -0.05) is 47.5 Å². The Hall–Kier alpha value is -1.97. The number of hydrogen-bond acceptors (Lipinski definition) is 1. The van der Waals surface area contributed by atoms with Gasteiger partial charge in [-0.05, 0) is 18.2 Å². The topological polar surface area (TPSA) is 42.2 Å². The van der Waals surface area contributed by atoms with E-state index < -0.39 is 5.97 Å². The molecule has 0 amide bonds. The molecule has 0 radical (unpaired) electrons.